The van der Waals surface area contributed by atoms with Gasteiger partial charge in [-0.1, -0.05) is 19.9 Å². The van der Waals surface area contributed by atoms with Gasteiger partial charge in [-0.25, -0.2) is 0 Å². The molecule has 5 aliphatic rings. The number of fused-ring (bicyclic) bond motifs is 5. The van der Waals surface area contributed by atoms with Gasteiger partial charge in [0, 0.05) is 6.92 Å². The molecule has 1 heterocycles. The summed E-state index contributed by atoms with van der Waals surface area (Å²) in [6.07, 6.45) is 8.46. The molecule has 0 aromatic heterocycles. The van der Waals surface area contributed by atoms with Gasteiger partial charge in [-0.3, -0.25) is 4.79 Å². The van der Waals surface area contributed by atoms with Crippen LogP contribution in [0, 0.1) is 40.4 Å². The maximum atomic E-state index is 11.5. The molecule has 198 valence electrons. The van der Waals surface area contributed by atoms with Crippen LogP contribution in [0.25, 0.3) is 0 Å². The van der Waals surface area contributed by atoms with Gasteiger partial charge in [0.1, 0.15) is 12.2 Å². The van der Waals surface area contributed by atoms with Gasteiger partial charge in [0.2, 0.25) is 0 Å². The average molecular weight is 491 g/mol. The lowest BCUT2D eigenvalue weighted by atomic mass is 9.44. The minimum atomic E-state index is -1.20. The van der Waals surface area contributed by atoms with Crippen molar-refractivity contribution in [2.75, 3.05) is 0 Å². The molecule has 4 saturated carbocycles. The molecule has 0 aromatic rings. The number of rotatable bonds is 4. The number of aliphatic hydroxyl groups is 2. The molecule has 5 fully saturated rings. The number of allylic oxidation sites excluding steroid dienone is 1. The van der Waals surface area contributed by atoms with Crippen molar-refractivity contribution >= 4 is 5.97 Å². The van der Waals surface area contributed by atoms with E-state index >= 15 is 0 Å². The molecule has 6 heteroatoms. The summed E-state index contributed by atoms with van der Waals surface area (Å²) in [7, 11) is 0. The summed E-state index contributed by atoms with van der Waals surface area (Å²) in [6, 6.07) is 0. The Hall–Kier alpha value is -0.950. The fourth-order valence-corrected chi connectivity index (χ4v) is 9.40. The van der Waals surface area contributed by atoms with Gasteiger partial charge < -0.3 is 24.4 Å². The highest BCUT2D eigenvalue weighted by Gasteiger charge is 2.60. The molecule has 1 aliphatic heterocycles. The Bertz CT molecular complexity index is 815. The lowest BCUT2D eigenvalue weighted by Crippen LogP contribution is -2.60. The highest BCUT2D eigenvalue weighted by Crippen LogP contribution is 2.67. The molecular formula is C29H46O6. The predicted octanol–water partition coefficient (Wildman–Crippen LogP) is 4.61. The topological polar surface area (TPSA) is 85.2 Å². The van der Waals surface area contributed by atoms with Crippen LogP contribution in [-0.2, 0) is 19.0 Å². The molecule has 4 aliphatic carbocycles. The number of aliphatic hydroxyl groups excluding tert-OH is 2. The summed E-state index contributed by atoms with van der Waals surface area (Å²) < 4.78 is 17.4. The SMILES string of the molecule is C=C[C@H]1CC[C@H]2[C@@H]3CC[C@H]4C[C@@H](O[C@@H]5O[C@@H](C)[C@@H](O)[C@@H](OC(C)=O)[C@@H]5O)CC[C@]4(C)[C@H]3CC[C@]12C. The molecule has 5 rings (SSSR count). The van der Waals surface area contributed by atoms with Crippen molar-refractivity contribution in [3.63, 3.8) is 0 Å². The first-order valence-corrected chi connectivity index (χ1v) is 14.0. The van der Waals surface area contributed by atoms with E-state index in [0.29, 0.717) is 22.7 Å². The van der Waals surface area contributed by atoms with Crippen molar-refractivity contribution in [1.29, 1.82) is 0 Å². The van der Waals surface area contributed by atoms with Gasteiger partial charge in [-0.15, -0.1) is 6.58 Å². The molecule has 0 amide bonds. The summed E-state index contributed by atoms with van der Waals surface area (Å²) in [4.78, 5) is 11.5. The van der Waals surface area contributed by atoms with Gasteiger partial charge in [0.15, 0.2) is 12.4 Å². The zero-order chi connectivity index (χ0) is 25.1. The standard InChI is InChI=1S/C29H46O6/c1-6-18-8-10-22-21-9-7-19-15-20(11-13-29(19,5)23(21)12-14-28(18,22)4)35-27-25(32)26(34-17(3)30)24(31)16(2)33-27/h6,16,18-27,31-32H,1,7-15H2,2-5H3/t16-,18-,19-,20-,21-,22-,23-,24+,25-,26+,27-,28+,29-/m0/s1. The first kappa shape index (κ1) is 25.7. The monoisotopic (exact) mass is 490 g/mol. The second-order valence-corrected chi connectivity index (χ2v) is 12.9. The van der Waals surface area contributed by atoms with E-state index in [2.05, 4.69) is 26.5 Å². The lowest BCUT2D eigenvalue weighted by molar-refractivity contribution is -0.311. The van der Waals surface area contributed by atoms with E-state index in [1.807, 2.05) is 0 Å². The van der Waals surface area contributed by atoms with E-state index in [9.17, 15) is 15.0 Å². The van der Waals surface area contributed by atoms with Gasteiger partial charge >= 0.3 is 5.97 Å². The molecule has 0 radical (unpaired) electrons. The largest absolute Gasteiger partial charge is 0.457 e. The van der Waals surface area contributed by atoms with E-state index in [1.54, 1.807) is 6.92 Å². The second kappa shape index (κ2) is 9.41. The second-order valence-electron chi connectivity index (χ2n) is 12.9. The Morgan fingerprint density at radius 3 is 2.43 bits per heavy atom. The molecule has 0 spiro atoms. The zero-order valence-electron chi connectivity index (χ0n) is 22.0. The maximum absolute atomic E-state index is 11.5. The highest BCUT2D eigenvalue weighted by molar-refractivity contribution is 5.66. The molecule has 0 bridgehead atoms. The summed E-state index contributed by atoms with van der Waals surface area (Å²) in [6.45, 7) is 12.3. The number of carbonyl (C=O) groups is 1. The molecule has 13 atom stereocenters. The van der Waals surface area contributed by atoms with Crippen LogP contribution in [-0.4, -0.2) is 53.0 Å². The number of hydrogen-bond donors (Lipinski definition) is 2. The Labute approximate surface area is 210 Å². The van der Waals surface area contributed by atoms with E-state index < -0.39 is 36.7 Å². The Morgan fingerprint density at radius 2 is 1.71 bits per heavy atom. The fourth-order valence-electron chi connectivity index (χ4n) is 9.40. The third-order valence-corrected chi connectivity index (χ3v) is 11.4. The van der Waals surface area contributed by atoms with Crippen molar-refractivity contribution in [1.82, 2.24) is 0 Å². The molecule has 35 heavy (non-hydrogen) atoms. The maximum Gasteiger partial charge on any atom is 0.303 e. The van der Waals surface area contributed by atoms with Crippen LogP contribution >= 0.6 is 0 Å². The van der Waals surface area contributed by atoms with Crippen LogP contribution in [0.15, 0.2) is 12.7 Å². The summed E-state index contributed by atoms with van der Waals surface area (Å²) in [5.74, 6) is 3.25. The zero-order valence-corrected chi connectivity index (χ0v) is 22.0. The van der Waals surface area contributed by atoms with Crippen molar-refractivity contribution in [2.45, 2.75) is 122 Å². The highest BCUT2D eigenvalue weighted by atomic mass is 16.7. The smallest absolute Gasteiger partial charge is 0.303 e. The average Bonchev–Trinajstić information content (AvgIpc) is 3.16. The molecule has 2 N–H and O–H groups in total. The van der Waals surface area contributed by atoms with E-state index in [-0.39, 0.29) is 6.10 Å². The molecule has 1 saturated heterocycles. The van der Waals surface area contributed by atoms with E-state index in [0.717, 1.165) is 37.0 Å². The number of esters is 1. The molecule has 0 unspecified atom stereocenters. The minimum Gasteiger partial charge on any atom is -0.457 e. The molecular weight excluding hydrogens is 444 g/mol. The van der Waals surface area contributed by atoms with Crippen molar-refractivity contribution < 1.29 is 29.2 Å². The van der Waals surface area contributed by atoms with E-state index in [1.165, 1.54) is 45.4 Å². The lowest BCUT2D eigenvalue weighted by Gasteiger charge is -2.61. The molecule has 6 nitrogen and oxygen atoms in total. The fraction of sp³-hybridized carbons (Fsp3) is 0.897. The number of carbonyl (C=O) groups excluding carboxylic acids is 1. The normalized spacial score (nSPS) is 53.7. The minimum absolute atomic E-state index is 0.00943. The first-order chi connectivity index (χ1) is 16.6. The van der Waals surface area contributed by atoms with Crippen LogP contribution in [0.3, 0.4) is 0 Å². The quantitative estimate of drug-likeness (QED) is 0.340. The van der Waals surface area contributed by atoms with Crippen LogP contribution in [0.5, 0.6) is 0 Å². The third kappa shape index (κ3) is 4.20. The van der Waals surface area contributed by atoms with Crippen molar-refractivity contribution in [3.8, 4) is 0 Å². The summed E-state index contributed by atoms with van der Waals surface area (Å²) in [5.41, 5.74) is 0.798. The van der Waals surface area contributed by atoms with Crippen molar-refractivity contribution in [2.24, 2.45) is 40.4 Å². The summed E-state index contributed by atoms with van der Waals surface area (Å²) >= 11 is 0. The predicted molar refractivity (Wildman–Crippen MR) is 132 cm³/mol. The third-order valence-electron chi connectivity index (χ3n) is 11.4. The van der Waals surface area contributed by atoms with Gasteiger partial charge in [-0.05, 0) is 105 Å². The van der Waals surface area contributed by atoms with Crippen molar-refractivity contribution in [3.05, 3.63) is 12.7 Å². The van der Waals surface area contributed by atoms with Crippen LogP contribution < -0.4 is 0 Å². The van der Waals surface area contributed by atoms with Crippen LogP contribution in [0.1, 0.15) is 85.5 Å². The van der Waals surface area contributed by atoms with Crippen LogP contribution in [0.4, 0.5) is 0 Å². The Balaban J connectivity index is 1.25. The first-order valence-electron chi connectivity index (χ1n) is 14.0. The summed E-state index contributed by atoms with van der Waals surface area (Å²) in [5, 5.41) is 21.2. The Kier molecular flexibility index (Phi) is 6.91. The van der Waals surface area contributed by atoms with Gasteiger partial charge in [0.05, 0.1) is 12.2 Å². The molecule has 0 aromatic carbocycles. The van der Waals surface area contributed by atoms with Gasteiger partial charge in [0.25, 0.3) is 0 Å². The van der Waals surface area contributed by atoms with E-state index in [4.69, 9.17) is 14.2 Å². The Morgan fingerprint density at radius 1 is 1.00 bits per heavy atom. The number of hydrogen-bond acceptors (Lipinski definition) is 6. The van der Waals surface area contributed by atoms with Gasteiger partial charge in [-0.2, -0.15) is 0 Å². The number of ether oxygens (including phenoxy) is 3. The van der Waals surface area contributed by atoms with Crippen LogP contribution in [0.2, 0.25) is 0 Å².